The van der Waals surface area contributed by atoms with Crippen LogP contribution in [0.4, 0.5) is 0 Å². The minimum absolute atomic E-state index is 0.162. The third kappa shape index (κ3) is 1.98. The minimum atomic E-state index is 0.162. The van der Waals surface area contributed by atoms with E-state index in [9.17, 15) is 0 Å². The van der Waals surface area contributed by atoms with Crippen LogP contribution in [0, 0.1) is 13.8 Å². The standard InChI is InChI=1S/C13H18BrN/c1-9-7-10(2)12(14)11(8-9)13(3)5-4-6-15-13/h7-8,15H,4-6H2,1-3H3. The second-order valence-corrected chi connectivity index (χ2v) is 5.60. The molecule has 1 aliphatic heterocycles. The Labute approximate surface area is 100 Å². The molecule has 0 aliphatic carbocycles. The van der Waals surface area contributed by atoms with Gasteiger partial charge in [-0.15, -0.1) is 0 Å². The monoisotopic (exact) mass is 267 g/mol. The minimum Gasteiger partial charge on any atom is -0.308 e. The number of hydrogen-bond acceptors (Lipinski definition) is 1. The molecule has 1 aromatic carbocycles. The number of nitrogens with one attached hydrogen (secondary N) is 1. The van der Waals surface area contributed by atoms with Gasteiger partial charge < -0.3 is 5.32 Å². The Morgan fingerprint density at radius 2 is 2.07 bits per heavy atom. The van der Waals surface area contributed by atoms with Gasteiger partial charge >= 0.3 is 0 Å². The molecule has 0 amide bonds. The van der Waals surface area contributed by atoms with Crippen LogP contribution < -0.4 is 5.32 Å². The van der Waals surface area contributed by atoms with Gasteiger partial charge in [-0.2, -0.15) is 0 Å². The molecule has 0 saturated carbocycles. The molecule has 0 radical (unpaired) electrons. The summed E-state index contributed by atoms with van der Waals surface area (Å²) in [6.45, 7) is 7.77. The summed E-state index contributed by atoms with van der Waals surface area (Å²) in [7, 11) is 0. The first-order valence-electron chi connectivity index (χ1n) is 5.55. The van der Waals surface area contributed by atoms with Crippen molar-refractivity contribution in [2.75, 3.05) is 6.54 Å². The van der Waals surface area contributed by atoms with E-state index in [0.717, 1.165) is 6.54 Å². The van der Waals surface area contributed by atoms with Gasteiger partial charge in [0.2, 0.25) is 0 Å². The van der Waals surface area contributed by atoms with E-state index in [-0.39, 0.29) is 5.54 Å². The van der Waals surface area contributed by atoms with E-state index in [1.165, 1.54) is 34.0 Å². The first-order valence-corrected chi connectivity index (χ1v) is 6.34. The number of hydrogen-bond donors (Lipinski definition) is 1. The van der Waals surface area contributed by atoms with Gasteiger partial charge in [0.25, 0.3) is 0 Å². The lowest BCUT2D eigenvalue weighted by atomic mass is 9.88. The zero-order chi connectivity index (χ0) is 11.1. The van der Waals surface area contributed by atoms with Gasteiger partial charge in [-0.1, -0.05) is 33.6 Å². The number of halogens is 1. The SMILES string of the molecule is Cc1cc(C)c(Br)c(C2(C)CCCN2)c1. The maximum absolute atomic E-state index is 3.72. The maximum atomic E-state index is 3.72. The fourth-order valence-corrected chi connectivity index (χ4v) is 3.14. The van der Waals surface area contributed by atoms with Crippen molar-refractivity contribution < 1.29 is 0 Å². The second-order valence-electron chi connectivity index (χ2n) is 4.81. The van der Waals surface area contributed by atoms with Crippen molar-refractivity contribution in [2.45, 2.75) is 39.2 Å². The van der Waals surface area contributed by atoms with Crippen molar-refractivity contribution in [1.82, 2.24) is 5.32 Å². The molecule has 1 aromatic rings. The zero-order valence-electron chi connectivity index (χ0n) is 9.65. The Morgan fingerprint density at radius 1 is 1.33 bits per heavy atom. The molecule has 0 spiro atoms. The van der Waals surface area contributed by atoms with Crippen LogP contribution in [0.3, 0.4) is 0 Å². The van der Waals surface area contributed by atoms with Crippen LogP contribution >= 0.6 is 15.9 Å². The summed E-state index contributed by atoms with van der Waals surface area (Å²) in [6, 6.07) is 4.53. The third-order valence-electron chi connectivity index (χ3n) is 3.36. The molecule has 2 rings (SSSR count). The Balaban J connectivity index is 2.51. The van der Waals surface area contributed by atoms with Crippen LogP contribution in [0.25, 0.3) is 0 Å². The predicted octanol–water partition coefficient (Wildman–Crippen LogP) is 3.66. The number of rotatable bonds is 1. The summed E-state index contributed by atoms with van der Waals surface area (Å²) in [4.78, 5) is 0. The average molecular weight is 268 g/mol. The molecule has 82 valence electrons. The van der Waals surface area contributed by atoms with E-state index in [2.05, 4.69) is 54.2 Å². The highest BCUT2D eigenvalue weighted by Crippen LogP contribution is 2.37. The van der Waals surface area contributed by atoms with E-state index in [1.807, 2.05) is 0 Å². The van der Waals surface area contributed by atoms with Crippen LogP contribution in [0.1, 0.15) is 36.5 Å². The van der Waals surface area contributed by atoms with Crippen LogP contribution in [0.5, 0.6) is 0 Å². The van der Waals surface area contributed by atoms with E-state index >= 15 is 0 Å². The molecule has 1 unspecified atom stereocenters. The lowest BCUT2D eigenvalue weighted by molar-refractivity contribution is 0.432. The summed E-state index contributed by atoms with van der Waals surface area (Å²) in [5, 5.41) is 3.61. The van der Waals surface area contributed by atoms with Crippen molar-refractivity contribution in [3.05, 3.63) is 33.3 Å². The van der Waals surface area contributed by atoms with Crippen LogP contribution in [0.15, 0.2) is 16.6 Å². The molecule has 1 atom stereocenters. The van der Waals surface area contributed by atoms with Crippen LogP contribution in [-0.4, -0.2) is 6.54 Å². The van der Waals surface area contributed by atoms with E-state index < -0.39 is 0 Å². The first-order chi connectivity index (χ1) is 7.03. The zero-order valence-corrected chi connectivity index (χ0v) is 11.2. The van der Waals surface area contributed by atoms with E-state index in [4.69, 9.17) is 0 Å². The first kappa shape index (κ1) is 11.2. The van der Waals surface area contributed by atoms with E-state index in [0.29, 0.717) is 0 Å². The normalized spacial score (nSPS) is 25.9. The van der Waals surface area contributed by atoms with Gasteiger partial charge in [0.1, 0.15) is 0 Å². The highest BCUT2D eigenvalue weighted by molar-refractivity contribution is 9.10. The summed E-state index contributed by atoms with van der Waals surface area (Å²) in [5.41, 5.74) is 4.26. The summed E-state index contributed by atoms with van der Waals surface area (Å²) >= 11 is 3.72. The van der Waals surface area contributed by atoms with Crippen molar-refractivity contribution in [3.63, 3.8) is 0 Å². The van der Waals surface area contributed by atoms with Crippen molar-refractivity contribution in [1.29, 1.82) is 0 Å². The molecular weight excluding hydrogens is 250 g/mol. The third-order valence-corrected chi connectivity index (χ3v) is 4.41. The summed E-state index contributed by atoms with van der Waals surface area (Å²) in [5.74, 6) is 0. The molecule has 2 heteroatoms. The molecule has 1 saturated heterocycles. The molecule has 0 aromatic heterocycles. The van der Waals surface area contributed by atoms with Gasteiger partial charge in [0, 0.05) is 10.0 Å². The van der Waals surface area contributed by atoms with Gasteiger partial charge in [-0.05, 0) is 51.3 Å². The molecule has 1 aliphatic rings. The van der Waals surface area contributed by atoms with Crippen molar-refractivity contribution in [2.24, 2.45) is 0 Å². The van der Waals surface area contributed by atoms with Crippen molar-refractivity contribution in [3.8, 4) is 0 Å². The molecule has 0 bridgehead atoms. The molecule has 1 N–H and O–H groups in total. The lowest BCUT2D eigenvalue weighted by Crippen LogP contribution is -2.33. The molecular formula is C13H18BrN. The fraction of sp³-hybridized carbons (Fsp3) is 0.538. The molecule has 1 heterocycles. The Bertz CT molecular complexity index is 378. The number of aryl methyl sites for hydroxylation is 2. The van der Waals surface area contributed by atoms with Crippen LogP contribution in [0.2, 0.25) is 0 Å². The summed E-state index contributed by atoms with van der Waals surface area (Å²) < 4.78 is 1.27. The van der Waals surface area contributed by atoms with Gasteiger partial charge in [-0.3, -0.25) is 0 Å². The molecule has 15 heavy (non-hydrogen) atoms. The lowest BCUT2D eigenvalue weighted by Gasteiger charge is -2.27. The Hall–Kier alpha value is -0.340. The molecule has 1 nitrogen and oxygen atoms in total. The maximum Gasteiger partial charge on any atom is 0.0417 e. The van der Waals surface area contributed by atoms with Gasteiger partial charge in [0.05, 0.1) is 0 Å². The largest absolute Gasteiger partial charge is 0.308 e. The second kappa shape index (κ2) is 3.91. The van der Waals surface area contributed by atoms with Gasteiger partial charge in [-0.25, -0.2) is 0 Å². The summed E-state index contributed by atoms with van der Waals surface area (Å²) in [6.07, 6.45) is 2.50. The van der Waals surface area contributed by atoms with Crippen LogP contribution in [-0.2, 0) is 5.54 Å². The quantitative estimate of drug-likeness (QED) is 0.819. The number of benzene rings is 1. The smallest absolute Gasteiger partial charge is 0.0417 e. The fourth-order valence-electron chi connectivity index (χ4n) is 2.48. The van der Waals surface area contributed by atoms with Crippen molar-refractivity contribution >= 4 is 15.9 Å². The topological polar surface area (TPSA) is 12.0 Å². The molecule has 1 fully saturated rings. The predicted molar refractivity (Wildman–Crippen MR) is 68.2 cm³/mol. The Kier molecular flexibility index (Phi) is 2.91. The average Bonchev–Trinajstić information content (AvgIpc) is 2.59. The highest BCUT2D eigenvalue weighted by atomic mass is 79.9. The Morgan fingerprint density at radius 3 is 2.67 bits per heavy atom. The highest BCUT2D eigenvalue weighted by Gasteiger charge is 2.32. The van der Waals surface area contributed by atoms with E-state index in [1.54, 1.807) is 0 Å². The van der Waals surface area contributed by atoms with Gasteiger partial charge in [0.15, 0.2) is 0 Å².